The van der Waals surface area contributed by atoms with E-state index in [0.29, 0.717) is 32.4 Å². The Morgan fingerprint density at radius 3 is 2.79 bits per heavy atom. The van der Waals surface area contributed by atoms with Gasteiger partial charge in [-0.05, 0) is 25.7 Å². The van der Waals surface area contributed by atoms with E-state index in [4.69, 9.17) is 10.5 Å². The number of hydrogen-bond donors (Lipinski definition) is 1. The number of likely N-dealkylation sites (tertiary alicyclic amines) is 1. The highest BCUT2D eigenvalue weighted by atomic mass is 19.4. The van der Waals surface area contributed by atoms with Crippen molar-refractivity contribution in [3.8, 4) is 0 Å². The van der Waals surface area contributed by atoms with E-state index in [9.17, 15) is 18.0 Å². The number of piperidine rings is 1. The van der Waals surface area contributed by atoms with Gasteiger partial charge in [-0.2, -0.15) is 13.2 Å². The fraction of sp³-hybridized carbons (Fsp3) is 0.917. The van der Waals surface area contributed by atoms with E-state index in [-0.39, 0.29) is 18.9 Å². The van der Waals surface area contributed by atoms with Gasteiger partial charge in [-0.1, -0.05) is 0 Å². The summed E-state index contributed by atoms with van der Waals surface area (Å²) >= 11 is 0. The molecule has 1 rings (SSSR count). The first-order chi connectivity index (χ1) is 8.86. The fourth-order valence-electron chi connectivity index (χ4n) is 2.25. The Labute approximate surface area is 111 Å². The normalized spacial score (nSPS) is 22.4. The third-order valence-corrected chi connectivity index (χ3v) is 3.38. The molecule has 1 heterocycles. The molecular formula is C12H21F3N2O2. The summed E-state index contributed by atoms with van der Waals surface area (Å²) in [7, 11) is 1.55. The van der Waals surface area contributed by atoms with Gasteiger partial charge >= 0.3 is 6.18 Å². The van der Waals surface area contributed by atoms with E-state index in [0.717, 1.165) is 0 Å². The predicted octanol–water partition coefficient (Wildman–Crippen LogP) is 1.54. The molecule has 0 bridgehead atoms. The second-order valence-corrected chi connectivity index (χ2v) is 4.91. The van der Waals surface area contributed by atoms with Crippen molar-refractivity contribution in [1.82, 2.24) is 4.90 Å². The maximum atomic E-state index is 12.6. The van der Waals surface area contributed by atoms with Crippen LogP contribution in [0, 0.1) is 5.92 Å². The number of hydrogen-bond acceptors (Lipinski definition) is 3. The van der Waals surface area contributed by atoms with Gasteiger partial charge in [0.2, 0.25) is 5.91 Å². The number of methoxy groups -OCH3 is 1. The zero-order valence-corrected chi connectivity index (χ0v) is 11.1. The molecule has 2 atom stereocenters. The third kappa shape index (κ3) is 4.99. The van der Waals surface area contributed by atoms with Crippen LogP contribution in [0.4, 0.5) is 13.2 Å². The summed E-state index contributed by atoms with van der Waals surface area (Å²) in [6.45, 7) is 0.593. The van der Waals surface area contributed by atoms with Crippen LogP contribution in [0.2, 0.25) is 0 Å². The van der Waals surface area contributed by atoms with Gasteiger partial charge in [0.1, 0.15) is 0 Å². The summed E-state index contributed by atoms with van der Waals surface area (Å²) in [6, 6.07) is -0.734. The fourth-order valence-corrected chi connectivity index (χ4v) is 2.25. The summed E-state index contributed by atoms with van der Waals surface area (Å²) in [5, 5.41) is 0. The van der Waals surface area contributed by atoms with Crippen LogP contribution in [0.5, 0.6) is 0 Å². The van der Waals surface area contributed by atoms with E-state index < -0.39 is 18.1 Å². The smallest absolute Gasteiger partial charge is 0.385 e. The van der Waals surface area contributed by atoms with Gasteiger partial charge < -0.3 is 15.4 Å². The molecule has 1 saturated heterocycles. The van der Waals surface area contributed by atoms with Crippen LogP contribution in [-0.4, -0.2) is 49.8 Å². The molecule has 0 aromatic rings. The van der Waals surface area contributed by atoms with Gasteiger partial charge in [-0.3, -0.25) is 4.79 Å². The number of alkyl halides is 3. The molecule has 7 heteroatoms. The summed E-state index contributed by atoms with van der Waals surface area (Å²) in [6.07, 6.45) is -2.72. The SMILES string of the molecule is COCCCC(N)C(=O)N1CCCC(C(F)(F)F)C1. The molecule has 2 N–H and O–H groups in total. The summed E-state index contributed by atoms with van der Waals surface area (Å²) in [4.78, 5) is 13.2. The number of carbonyl (C=O) groups is 1. The van der Waals surface area contributed by atoms with E-state index in [1.807, 2.05) is 0 Å². The number of carbonyl (C=O) groups excluding carboxylic acids is 1. The van der Waals surface area contributed by atoms with Gasteiger partial charge in [0, 0.05) is 26.8 Å². The molecule has 1 aliphatic rings. The minimum Gasteiger partial charge on any atom is -0.385 e. The average molecular weight is 282 g/mol. The largest absolute Gasteiger partial charge is 0.393 e. The number of nitrogens with zero attached hydrogens (tertiary/aromatic N) is 1. The van der Waals surface area contributed by atoms with Crippen LogP contribution in [-0.2, 0) is 9.53 Å². The van der Waals surface area contributed by atoms with Gasteiger partial charge in [0.05, 0.1) is 12.0 Å². The molecular weight excluding hydrogens is 261 g/mol. The highest BCUT2D eigenvalue weighted by Crippen LogP contribution is 2.33. The molecule has 1 aliphatic heterocycles. The quantitative estimate of drug-likeness (QED) is 0.778. The van der Waals surface area contributed by atoms with Gasteiger partial charge in [0.15, 0.2) is 0 Å². The van der Waals surface area contributed by atoms with Crippen molar-refractivity contribution in [1.29, 1.82) is 0 Å². The lowest BCUT2D eigenvalue weighted by Crippen LogP contribution is -2.50. The second-order valence-electron chi connectivity index (χ2n) is 4.91. The van der Waals surface area contributed by atoms with Gasteiger partial charge in [0.25, 0.3) is 0 Å². The lowest BCUT2D eigenvalue weighted by Gasteiger charge is -2.35. The lowest BCUT2D eigenvalue weighted by atomic mass is 9.96. The Kier molecular flexibility index (Phi) is 6.06. The van der Waals surface area contributed by atoms with E-state index >= 15 is 0 Å². The number of nitrogens with two attached hydrogens (primary N) is 1. The standard InChI is InChI=1S/C12H21F3N2O2/c1-19-7-3-5-10(16)11(18)17-6-2-4-9(8-17)12(13,14)15/h9-10H,2-8,16H2,1H3. The number of rotatable bonds is 5. The van der Waals surface area contributed by atoms with Crippen molar-refractivity contribution in [2.24, 2.45) is 11.7 Å². The number of ether oxygens (including phenoxy) is 1. The second kappa shape index (κ2) is 7.09. The third-order valence-electron chi connectivity index (χ3n) is 3.38. The van der Waals surface area contributed by atoms with Gasteiger partial charge in [-0.15, -0.1) is 0 Å². The highest BCUT2D eigenvalue weighted by Gasteiger charge is 2.43. The molecule has 4 nitrogen and oxygen atoms in total. The maximum absolute atomic E-state index is 12.6. The van der Waals surface area contributed by atoms with Crippen LogP contribution in [0.15, 0.2) is 0 Å². The molecule has 112 valence electrons. The highest BCUT2D eigenvalue weighted by molar-refractivity contribution is 5.81. The molecule has 1 fully saturated rings. The predicted molar refractivity (Wildman–Crippen MR) is 64.4 cm³/mol. The van der Waals surface area contributed by atoms with Crippen LogP contribution in [0.25, 0.3) is 0 Å². The summed E-state index contributed by atoms with van der Waals surface area (Å²) < 4.78 is 42.8. The Hall–Kier alpha value is -0.820. The van der Waals surface area contributed by atoms with Crippen LogP contribution in [0.1, 0.15) is 25.7 Å². The molecule has 0 aromatic heterocycles. The lowest BCUT2D eigenvalue weighted by molar-refractivity contribution is -0.188. The molecule has 19 heavy (non-hydrogen) atoms. The topological polar surface area (TPSA) is 55.6 Å². The first-order valence-electron chi connectivity index (χ1n) is 6.46. The monoisotopic (exact) mass is 282 g/mol. The van der Waals surface area contributed by atoms with E-state index in [1.54, 1.807) is 7.11 Å². The molecule has 0 spiro atoms. The van der Waals surface area contributed by atoms with Crippen molar-refractivity contribution in [3.05, 3.63) is 0 Å². The molecule has 0 aliphatic carbocycles. The van der Waals surface area contributed by atoms with Crippen LogP contribution in [0.3, 0.4) is 0 Å². The molecule has 0 radical (unpaired) electrons. The molecule has 2 unspecified atom stereocenters. The van der Waals surface area contributed by atoms with Crippen molar-refractivity contribution >= 4 is 5.91 Å². The van der Waals surface area contributed by atoms with Crippen molar-refractivity contribution in [2.75, 3.05) is 26.8 Å². The van der Waals surface area contributed by atoms with E-state index in [1.165, 1.54) is 4.90 Å². The maximum Gasteiger partial charge on any atom is 0.393 e. The zero-order valence-electron chi connectivity index (χ0n) is 11.1. The van der Waals surface area contributed by atoms with E-state index in [2.05, 4.69) is 0 Å². The first-order valence-corrected chi connectivity index (χ1v) is 6.46. The molecule has 0 saturated carbocycles. The Morgan fingerprint density at radius 1 is 1.53 bits per heavy atom. The number of halogens is 3. The molecule has 0 aromatic carbocycles. The van der Waals surface area contributed by atoms with Crippen molar-refractivity contribution in [3.63, 3.8) is 0 Å². The van der Waals surface area contributed by atoms with Crippen molar-refractivity contribution in [2.45, 2.75) is 37.9 Å². The Balaban J connectivity index is 2.47. The van der Waals surface area contributed by atoms with Crippen LogP contribution >= 0.6 is 0 Å². The summed E-state index contributed by atoms with van der Waals surface area (Å²) in [5.41, 5.74) is 5.72. The zero-order chi connectivity index (χ0) is 14.5. The van der Waals surface area contributed by atoms with Crippen LogP contribution < -0.4 is 5.73 Å². The van der Waals surface area contributed by atoms with Crippen molar-refractivity contribution < 1.29 is 22.7 Å². The minimum atomic E-state index is -4.24. The first kappa shape index (κ1) is 16.2. The summed E-state index contributed by atoms with van der Waals surface area (Å²) in [5.74, 6) is -1.80. The number of amides is 1. The van der Waals surface area contributed by atoms with Gasteiger partial charge in [-0.25, -0.2) is 0 Å². The Bertz CT molecular complexity index is 297. The average Bonchev–Trinajstić information content (AvgIpc) is 2.37. The molecule has 1 amide bonds. The minimum absolute atomic E-state index is 0.0895. The Morgan fingerprint density at radius 2 is 2.21 bits per heavy atom.